The van der Waals surface area contributed by atoms with Gasteiger partial charge in [0.15, 0.2) is 0 Å². The normalized spacial score (nSPS) is 13.0. The summed E-state index contributed by atoms with van der Waals surface area (Å²) in [7, 11) is 0. The van der Waals surface area contributed by atoms with Gasteiger partial charge in [-0.2, -0.15) is 13.2 Å². The summed E-state index contributed by atoms with van der Waals surface area (Å²) in [5.41, 5.74) is 6.00. The van der Waals surface area contributed by atoms with Crippen LogP contribution in [0.25, 0.3) is 0 Å². The molecule has 0 aliphatic rings. The van der Waals surface area contributed by atoms with E-state index < -0.39 is 11.7 Å². The van der Waals surface area contributed by atoms with E-state index in [1.165, 1.54) is 11.6 Å². The first-order valence-corrected chi connectivity index (χ1v) is 7.05. The Balaban J connectivity index is 2.17. The van der Waals surface area contributed by atoms with E-state index in [4.69, 9.17) is 10.5 Å². The van der Waals surface area contributed by atoms with Crippen LogP contribution in [0.4, 0.5) is 18.9 Å². The lowest BCUT2D eigenvalue weighted by Crippen LogP contribution is -2.06. The predicted molar refractivity (Wildman–Crippen MR) is 81.1 cm³/mol. The van der Waals surface area contributed by atoms with Crippen molar-refractivity contribution < 1.29 is 17.9 Å². The molecule has 0 fully saturated rings. The number of alkyl halides is 3. The minimum absolute atomic E-state index is 0.0409. The molecule has 0 radical (unpaired) electrons. The first-order valence-electron chi connectivity index (χ1n) is 7.05. The van der Waals surface area contributed by atoms with E-state index in [2.05, 4.69) is 13.8 Å². The van der Waals surface area contributed by atoms with E-state index in [0.29, 0.717) is 11.7 Å². The zero-order valence-electron chi connectivity index (χ0n) is 12.4. The minimum atomic E-state index is -4.41. The van der Waals surface area contributed by atoms with Crippen LogP contribution in [0.2, 0.25) is 0 Å². The first-order chi connectivity index (χ1) is 10.3. The van der Waals surface area contributed by atoms with Crippen molar-refractivity contribution in [1.29, 1.82) is 0 Å². The lowest BCUT2D eigenvalue weighted by Gasteiger charge is -2.13. The molecule has 22 heavy (non-hydrogen) atoms. The highest BCUT2D eigenvalue weighted by atomic mass is 19.4. The number of nitrogens with two attached hydrogens (primary N) is 1. The molecule has 0 aromatic heterocycles. The molecule has 0 unspecified atom stereocenters. The molecular weight excluding hydrogens is 291 g/mol. The summed E-state index contributed by atoms with van der Waals surface area (Å²) in [5, 5.41) is 0. The van der Waals surface area contributed by atoms with Crippen molar-refractivity contribution in [3.63, 3.8) is 0 Å². The van der Waals surface area contributed by atoms with E-state index in [9.17, 15) is 13.2 Å². The van der Waals surface area contributed by atoms with Crippen molar-refractivity contribution in [2.75, 3.05) is 5.73 Å². The average Bonchev–Trinajstić information content (AvgIpc) is 2.48. The molecule has 0 saturated carbocycles. The van der Waals surface area contributed by atoms with Crippen molar-refractivity contribution in [3.8, 4) is 11.5 Å². The maximum absolute atomic E-state index is 12.6. The third-order valence-corrected chi connectivity index (χ3v) is 3.63. The fraction of sp³-hybridized carbons (Fsp3) is 0.294. The van der Waals surface area contributed by atoms with Crippen molar-refractivity contribution in [2.45, 2.75) is 32.4 Å². The zero-order chi connectivity index (χ0) is 16.3. The van der Waals surface area contributed by atoms with Gasteiger partial charge >= 0.3 is 6.18 Å². The topological polar surface area (TPSA) is 35.2 Å². The van der Waals surface area contributed by atoms with E-state index in [1.54, 1.807) is 12.1 Å². The van der Waals surface area contributed by atoms with Crippen molar-refractivity contribution >= 4 is 5.69 Å². The van der Waals surface area contributed by atoms with Crippen LogP contribution < -0.4 is 10.5 Å². The van der Waals surface area contributed by atoms with Crippen LogP contribution in [0.5, 0.6) is 11.5 Å². The van der Waals surface area contributed by atoms with Crippen LogP contribution in [-0.4, -0.2) is 0 Å². The summed E-state index contributed by atoms with van der Waals surface area (Å²) in [6.45, 7) is 4.24. The Morgan fingerprint density at radius 3 is 2.23 bits per heavy atom. The highest BCUT2D eigenvalue weighted by molar-refractivity contribution is 5.56. The Kier molecular flexibility index (Phi) is 4.64. The van der Waals surface area contributed by atoms with Crippen molar-refractivity contribution in [3.05, 3.63) is 53.6 Å². The molecular formula is C17H18F3NO. The molecule has 2 N–H and O–H groups in total. The number of rotatable bonds is 4. The van der Waals surface area contributed by atoms with Gasteiger partial charge in [-0.3, -0.25) is 0 Å². The molecule has 0 saturated heterocycles. The zero-order valence-corrected chi connectivity index (χ0v) is 12.4. The van der Waals surface area contributed by atoms with Gasteiger partial charge in [-0.1, -0.05) is 26.0 Å². The summed E-state index contributed by atoms with van der Waals surface area (Å²) in [6, 6.07) is 10.5. The molecule has 2 nitrogen and oxygen atoms in total. The Labute approximate surface area is 127 Å². The number of hydrogen-bond acceptors (Lipinski definition) is 2. The summed E-state index contributed by atoms with van der Waals surface area (Å²) in [4.78, 5) is 0. The standard InChI is InChI=1S/C17H18F3NO/c1-3-11(2)12-4-7-14(8-5-12)22-16-9-6-13(10-15(16)21)17(18,19)20/h4-11H,3,21H2,1-2H3/t11-/m0/s1. The Bertz CT molecular complexity index is 635. The lowest BCUT2D eigenvalue weighted by atomic mass is 9.99. The number of benzene rings is 2. The molecule has 118 valence electrons. The van der Waals surface area contributed by atoms with Gasteiger partial charge in [-0.25, -0.2) is 0 Å². The second-order valence-corrected chi connectivity index (χ2v) is 5.23. The Morgan fingerprint density at radius 1 is 1.09 bits per heavy atom. The number of halogens is 3. The molecule has 1 atom stereocenters. The van der Waals surface area contributed by atoms with E-state index in [-0.39, 0.29) is 11.4 Å². The fourth-order valence-electron chi connectivity index (χ4n) is 2.04. The van der Waals surface area contributed by atoms with Gasteiger partial charge in [0, 0.05) is 0 Å². The van der Waals surface area contributed by atoms with Crippen LogP contribution in [-0.2, 0) is 6.18 Å². The second kappa shape index (κ2) is 6.30. The quantitative estimate of drug-likeness (QED) is 0.747. The molecule has 2 aromatic carbocycles. The van der Waals surface area contributed by atoms with Gasteiger partial charge in [0.05, 0.1) is 11.3 Å². The number of hydrogen-bond donors (Lipinski definition) is 1. The third kappa shape index (κ3) is 3.72. The van der Waals surface area contributed by atoms with Gasteiger partial charge in [0.25, 0.3) is 0 Å². The number of anilines is 1. The first kappa shape index (κ1) is 16.2. The van der Waals surface area contributed by atoms with Crippen LogP contribution in [0.1, 0.15) is 37.3 Å². The Morgan fingerprint density at radius 2 is 1.73 bits per heavy atom. The van der Waals surface area contributed by atoms with Crippen LogP contribution >= 0.6 is 0 Å². The monoisotopic (exact) mass is 309 g/mol. The summed E-state index contributed by atoms with van der Waals surface area (Å²) in [5.74, 6) is 1.20. The van der Waals surface area contributed by atoms with Gasteiger partial charge < -0.3 is 10.5 Å². The van der Waals surface area contributed by atoms with Crippen LogP contribution in [0, 0.1) is 0 Å². The van der Waals surface area contributed by atoms with Crippen LogP contribution in [0.15, 0.2) is 42.5 Å². The summed E-state index contributed by atoms with van der Waals surface area (Å²) < 4.78 is 43.3. The highest BCUT2D eigenvalue weighted by Crippen LogP contribution is 2.35. The molecule has 0 bridgehead atoms. The van der Waals surface area contributed by atoms with Gasteiger partial charge in [0.2, 0.25) is 0 Å². The summed E-state index contributed by atoms with van der Waals surface area (Å²) >= 11 is 0. The summed E-state index contributed by atoms with van der Waals surface area (Å²) in [6.07, 6.45) is -3.38. The smallest absolute Gasteiger partial charge is 0.416 e. The minimum Gasteiger partial charge on any atom is -0.455 e. The van der Waals surface area contributed by atoms with Gasteiger partial charge in [-0.15, -0.1) is 0 Å². The predicted octanol–water partition coefficient (Wildman–Crippen LogP) is 5.59. The molecule has 0 heterocycles. The van der Waals surface area contributed by atoms with E-state index in [1.807, 2.05) is 12.1 Å². The maximum Gasteiger partial charge on any atom is 0.416 e. The fourth-order valence-corrected chi connectivity index (χ4v) is 2.04. The highest BCUT2D eigenvalue weighted by Gasteiger charge is 2.30. The molecule has 2 aromatic rings. The largest absolute Gasteiger partial charge is 0.455 e. The SMILES string of the molecule is CC[C@H](C)c1ccc(Oc2ccc(C(F)(F)F)cc2N)cc1. The van der Waals surface area contributed by atoms with Crippen molar-refractivity contribution in [2.24, 2.45) is 0 Å². The number of ether oxygens (including phenoxy) is 1. The Hall–Kier alpha value is -2.17. The molecule has 2 rings (SSSR count). The second-order valence-electron chi connectivity index (χ2n) is 5.23. The van der Waals surface area contributed by atoms with Crippen molar-refractivity contribution in [1.82, 2.24) is 0 Å². The van der Waals surface area contributed by atoms with Gasteiger partial charge in [0.1, 0.15) is 11.5 Å². The molecule has 0 aliphatic carbocycles. The van der Waals surface area contributed by atoms with E-state index >= 15 is 0 Å². The number of nitrogen functional groups attached to an aromatic ring is 1. The van der Waals surface area contributed by atoms with E-state index in [0.717, 1.165) is 18.6 Å². The molecule has 0 aliphatic heterocycles. The molecule has 0 spiro atoms. The average molecular weight is 309 g/mol. The lowest BCUT2D eigenvalue weighted by molar-refractivity contribution is -0.137. The third-order valence-electron chi connectivity index (χ3n) is 3.63. The molecule has 0 amide bonds. The maximum atomic E-state index is 12.6. The van der Waals surface area contributed by atoms with Crippen LogP contribution in [0.3, 0.4) is 0 Å². The molecule has 5 heteroatoms. The van der Waals surface area contributed by atoms with Gasteiger partial charge in [-0.05, 0) is 48.2 Å².